The van der Waals surface area contributed by atoms with Gasteiger partial charge in [-0.15, -0.1) is 0 Å². The number of fused-ring (bicyclic) bond motifs is 5. The average molecular weight is 391 g/mol. The van der Waals surface area contributed by atoms with Gasteiger partial charge in [-0.05, 0) is 69.1 Å². The van der Waals surface area contributed by atoms with Gasteiger partial charge in [0.2, 0.25) is 0 Å². The zero-order chi connectivity index (χ0) is 20.3. The molecule has 0 bridgehead atoms. The lowest BCUT2D eigenvalue weighted by Gasteiger charge is -2.64. The summed E-state index contributed by atoms with van der Waals surface area (Å²) >= 11 is 0. The minimum atomic E-state index is -0.723. The van der Waals surface area contributed by atoms with Crippen molar-refractivity contribution in [1.82, 2.24) is 0 Å². The third kappa shape index (κ3) is 2.87. The Morgan fingerprint density at radius 1 is 1.25 bits per heavy atom. The van der Waals surface area contributed by atoms with E-state index in [2.05, 4.69) is 25.9 Å². The lowest BCUT2D eigenvalue weighted by Crippen LogP contribution is -2.64. The second-order valence-electron chi connectivity index (χ2n) is 10.9. The number of Topliss-reactive ketones (excluding diaryl/α,β-unsaturated/α-hetero) is 1. The highest BCUT2D eigenvalue weighted by atomic mass is 16.6. The summed E-state index contributed by atoms with van der Waals surface area (Å²) in [4.78, 5) is 18.1. The summed E-state index contributed by atoms with van der Waals surface area (Å²) in [7, 11) is 0. The van der Waals surface area contributed by atoms with Crippen LogP contribution in [0.4, 0.5) is 0 Å². The summed E-state index contributed by atoms with van der Waals surface area (Å²) in [5.74, 6) is 2.47. The van der Waals surface area contributed by atoms with Crippen LogP contribution in [0.25, 0.3) is 0 Å². The summed E-state index contributed by atoms with van der Waals surface area (Å²) in [6, 6.07) is -0.0394. The molecule has 0 aliphatic heterocycles. The number of aliphatic hydroxyl groups is 1. The number of nitrogens with two attached hydrogens (primary N) is 1. The summed E-state index contributed by atoms with van der Waals surface area (Å²) in [6.45, 7) is 9.16. The molecule has 0 heterocycles. The van der Waals surface area contributed by atoms with Gasteiger partial charge in [0, 0.05) is 29.7 Å². The normalized spacial score (nSPS) is 50.6. The van der Waals surface area contributed by atoms with Gasteiger partial charge in [0.25, 0.3) is 0 Å². The third-order valence-electron chi connectivity index (χ3n) is 9.20. The van der Waals surface area contributed by atoms with Gasteiger partial charge in [-0.25, -0.2) is 0 Å². The van der Waals surface area contributed by atoms with E-state index >= 15 is 0 Å². The Morgan fingerprint density at radius 2 is 2.00 bits per heavy atom. The predicted octanol–water partition coefficient (Wildman–Crippen LogP) is 3.68. The number of ketones is 1. The molecule has 8 atom stereocenters. The van der Waals surface area contributed by atoms with E-state index < -0.39 is 5.60 Å². The van der Waals surface area contributed by atoms with Crippen LogP contribution in [0, 0.1) is 34.5 Å². The fourth-order valence-electron chi connectivity index (χ4n) is 7.60. The first-order chi connectivity index (χ1) is 13.1. The summed E-state index contributed by atoms with van der Waals surface area (Å²) in [6.07, 6.45) is 7.12. The van der Waals surface area contributed by atoms with Gasteiger partial charge in [0.1, 0.15) is 12.4 Å². The van der Waals surface area contributed by atoms with E-state index in [-0.39, 0.29) is 16.9 Å². The lowest BCUT2D eigenvalue weighted by atomic mass is 9.41. The van der Waals surface area contributed by atoms with Crippen LogP contribution in [-0.2, 0) is 9.63 Å². The van der Waals surface area contributed by atoms with E-state index in [4.69, 9.17) is 10.6 Å². The molecule has 28 heavy (non-hydrogen) atoms. The van der Waals surface area contributed by atoms with Crippen molar-refractivity contribution in [2.45, 2.75) is 90.7 Å². The van der Waals surface area contributed by atoms with Crippen molar-refractivity contribution in [3.8, 4) is 0 Å². The Morgan fingerprint density at radius 3 is 2.71 bits per heavy atom. The number of oxime groups is 1. The maximum Gasteiger partial charge on any atom is 0.139 e. The largest absolute Gasteiger partial charge is 0.394 e. The average Bonchev–Trinajstić information content (AvgIpc) is 2.91. The van der Waals surface area contributed by atoms with Crippen molar-refractivity contribution >= 4 is 11.5 Å². The standard InChI is InChI=1S/C23H38N2O3/c1-14-11-23(27)12-16(25-28-13-15(2)24)7-10-22(23,4)18-8-9-21(3)17(20(14)18)5-6-19(21)26/h14-15,17-18,20,27H,5-13,24H2,1-4H3/t14-,15+,17+,18+,20+,21+,22-,23-/m1/s1. The number of hydrogen-bond acceptors (Lipinski definition) is 5. The SMILES string of the molecule is C[C@H](N)CON=C1CC[C@]2(C)[C@H]3CC[C@]4(C)C(=O)CC[C@H]4[C@@H]3[C@H](C)C[C@@]2(O)C1. The van der Waals surface area contributed by atoms with Crippen LogP contribution >= 0.6 is 0 Å². The molecule has 4 fully saturated rings. The molecule has 4 saturated carbocycles. The maximum absolute atomic E-state index is 12.6. The Balaban J connectivity index is 1.59. The second-order valence-corrected chi connectivity index (χ2v) is 10.9. The second kappa shape index (κ2) is 6.80. The highest BCUT2D eigenvalue weighted by Gasteiger charge is 2.66. The molecule has 0 amide bonds. The van der Waals surface area contributed by atoms with Gasteiger partial charge in [0.15, 0.2) is 0 Å². The topological polar surface area (TPSA) is 84.9 Å². The zero-order valence-corrected chi connectivity index (χ0v) is 18.0. The van der Waals surface area contributed by atoms with E-state index in [9.17, 15) is 9.90 Å². The number of nitrogens with zero attached hydrogens (tertiary/aromatic N) is 1. The molecule has 4 rings (SSSR count). The van der Waals surface area contributed by atoms with Gasteiger partial charge in [0.05, 0.1) is 11.3 Å². The molecule has 0 radical (unpaired) electrons. The quantitative estimate of drug-likeness (QED) is 0.720. The van der Waals surface area contributed by atoms with Crippen LogP contribution in [0.1, 0.15) is 79.1 Å². The van der Waals surface area contributed by atoms with E-state index in [1.165, 1.54) is 0 Å². The number of carbonyl (C=O) groups excluding carboxylic acids is 1. The molecular weight excluding hydrogens is 352 g/mol. The molecular formula is C23H38N2O3. The molecule has 0 aromatic rings. The molecule has 5 heteroatoms. The van der Waals surface area contributed by atoms with Gasteiger partial charge in [-0.2, -0.15) is 0 Å². The highest BCUT2D eigenvalue weighted by Crippen LogP contribution is 2.67. The van der Waals surface area contributed by atoms with Crippen molar-refractivity contribution < 1.29 is 14.7 Å². The van der Waals surface area contributed by atoms with Crippen molar-refractivity contribution in [3.05, 3.63) is 0 Å². The summed E-state index contributed by atoms with van der Waals surface area (Å²) < 4.78 is 0. The number of hydrogen-bond donors (Lipinski definition) is 2. The fraction of sp³-hybridized carbons (Fsp3) is 0.913. The molecule has 158 valence electrons. The molecule has 0 unspecified atom stereocenters. The van der Waals surface area contributed by atoms with E-state index in [1.807, 2.05) is 6.92 Å². The molecule has 3 N–H and O–H groups in total. The van der Waals surface area contributed by atoms with E-state index in [1.54, 1.807) is 0 Å². The predicted molar refractivity (Wildman–Crippen MR) is 110 cm³/mol. The molecule has 5 nitrogen and oxygen atoms in total. The maximum atomic E-state index is 12.6. The Labute approximate surface area is 169 Å². The van der Waals surface area contributed by atoms with Crippen LogP contribution in [0.15, 0.2) is 5.16 Å². The molecule has 0 spiro atoms. The van der Waals surface area contributed by atoms with Crippen LogP contribution < -0.4 is 5.73 Å². The monoisotopic (exact) mass is 390 g/mol. The minimum absolute atomic E-state index is 0.0394. The smallest absolute Gasteiger partial charge is 0.139 e. The molecule has 0 aromatic carbocycles. The number of carbonyl (C=O) groups is 1. The first kappa shape index (κ1) is 20.3. The third-order valence-corrected chi connectivity index (χ3v) is 9.20. The minimum Gasteiger partial charge on any atom is -0.394 e. The first-order valence-electron chi connectivity index (χ1n) is 11.3. The Kier molecular flexibility index (Phi) is 4.94. The van der Waals surface area contributed by atoms with Crippen LogP contribution in [0.5, 0.6) is 0 Å². The van der Waals surface area contributed by atoms with E-state index in [0.29, 0.717) is 42.5 Å². The van der Waals surface area contributed by atoms with Crippen LogP contribution in [0.2, 0.25) is 0 Å². The molecule has 4 aliphatic rings. The first-order valence-corrected chi connectivity index (χ1v) is 11.3. The van der Waals surface area contributed by atoms with Gasteiger partial charge < -0.3 is 15.7 Å². The van der Waals surface area contributed by atoms with Gasteiger partial charge in [-0.3, -0.25) is 4.79 Å². The summed E-state index contributed by atoms with van der Waals surface area (Å²) in [5.41, 5.74) is 5.78. The fourth-order valence-corrected chi connectivity index (χ4v) is 7.60. The Hall–Kier alpha value is -0.940. The van der Waals surface area contributed by atoms with Crippen molar-refractivity contribution in [3.63, 3.8) is 0 Å². The van der Waals surface area contributed by atoms with Crippen LogP contribution in [-0.4, -0.2) is 34.9 Å². The van der Waals surface area contributed by atoms with Gasteiger partial charge in [-0.1, -0.05) is 25.9 Å². The van der Waals surface area contributed by atoms with E-state index in [0.717, 1.165) is 50.7 Å². The number of rotatable bonds is 3. The Bertz CT molecular complexity index is 677. The van der Waals surface area contributed by atoms with Gasteiger partial charge >= 0.3 is 0 Å². The molecule has 0 aromatic heterocycles. The summed E-state index contributed by atoms with van der Waals surface area (Å²) in [5, 5.41) is 16.2. The molecule has 0 saturated heterocycles. The van der Waals surface area contributed by atoms with Crippen molar-refractivity contribution in [2.24, 2.45) is 45.4 Å². The molecule has 4 aliphatic carbocycles. The zero-order valence-electron chi connectivity index (χ0n) is 18.0. The van der Waals surface area contributed by atoms with Crippen molar-refractivity contribution in [1.29, 1.82) is 0 Å². The highest BCUT2D eigenvalue weighted by molar-refractivity contribution is 5.87. The van der Waals surface area contributed by atoms with Crippen molar-refractivity contribution in [2.75, 3.05) is 6.61 Å². The van der Waals surface area contributed by atoms with Crippen LogP contribution in [0.3, 0.4) is 0 Å². The lowest BCUT2D eigenvalue weighted by molar-refractivity contribution is -0.206.